The second-order valence-corrected chi connectivity index (χ2v) is 7.66. The second-order valence-electron chi connectivity index (χ2n) is 7.66. The van der Waals surface area contributed by atoms with E-state index < -0.39 is 0 Å². The lowest BCUT2D eigenvalue weighted by Crippen LogP contribution is -2.68. The lowest BCUT2D eigenvalue weighted by molar-refractivity contribution is -0.152. The van der Waals surface area contributed by atoms with E-state index in [-0.39, 0.29) is 42.3 Å². The minimum absolute atomic E-state index is 0.00231. The normalized spacial score (nSPS) is 23.8. The lowest BCUT2D eigenvalue weighted by atomic mass is 9.74. The molecule has 2 fully saturated rings. The molecule has 6 nitrogen and oxygen atoms in total. The number of hydrogen-bond donors (Lipinski definition) is 2. The summed E-state index contributed by atoms with van der Waals surface area (Å²) in [4.78, 5) is 30.1. The number of hydrogen-bond acceptors (Lipinski definition) is 4. The van der Waals surface area contributed by atoms with E-state index >= 15 is 0 Å². The van der Waals surface area contributed by atoms with Crippen molar-refractivity contribution in [2.24, 2.45) is 5.92 Å². The van der Waals surface area contributed by atoms with Crippen LogP contribution in [0.4, 0.5) is 0 Å². The molecule has 0 spiro atoms. The molecule has 4 rings (SSSR count). The van der Waals surface area contributed by atoms with E-state index in [1.54, 1.807) is 11.1 Å². The number of nitrogens with zero attached hydrogens (tertiary/aromatic N) is 2. The highest BCUT2D eigenvalue weighted by Crippen LogP contribution is 2.44. The van der Waals surface area contributed by atoms with Crippen molar-refractivity contribution in [2.75, 3.05) is 13.2 Å². The minimum atomic E-state index is -0.240. The maximum atomic E-state index is 12.7. The number of aromatic nitrogens is 1. The topological polar surface area (TPSA) is 82.5 Å². The van der Waals surface area contributed by atoms with Gasteiger partial charge in [0.15, 0.2) is 0 Å². The summed E-state index contributed by atoms with van der Waals surface area (Å²) in [5.74, 6) is 0.0832. The maximum absolute atomic E-state index is 12.7. The highest BCUT2D eigenvalue weighted by Gasteiger charge is 2.53. The van der Waals surface area contributed by atoms with Gasteiger partial charge in [-0.2, -0.15) is 0 Å². The van der Waals surface area contributed by atoms with Crippen LogP contribution in [0.2, 0.25) is 0 Å². The molecular weight excluding hydrogens is 354 g/mol. The van der Waals surface area contributed by atoms with Gasteiger partial charge in [0.2, 0.25) is 11.8 Å². The molecule has 3 atom stereocenters. The number of carbonyl (C=O) groups is 2. The summed E-state index contributed by atoms with van der Waals surface area (Å²) in [6.07, 6.45) is 5.41. The number of aliphatic hydroxyl groups is 1. The predicted molar refractivity (Wildman–Crippen MR) is 105 cm³/mol. The van der Waals surface area contributed by atoms with Crippen molar-refractivity contribution < 1.29 is 14.7 Å². The fourth-order valence-corrected chi connectivity index (χ4v) is 4.17. The van der Waals surface area contributed by atoms with Gasteiger partial charge in [-0.3, -0.25) is 14.6 Å². The average Bonchev–Trinajstić information content (AvgIpc) is 3.54. The summed E-state index contributed by atoms with van der Waals surface area (Å²) >= 11 is 0. The first-order valence-electron chi connectivity index (χ1n) is 9.78. The molecular formula is C22H25N3O3. The number of pyridine rings is 1. The summed E-state index contributed by atoms with van der Waals surface area (Å²) in [6, 6.07) is 11.7. The number of carbonyl (C=O) groups excluding carboxylic acids is 2. The van der Waals surface area contributed by atoms with Crippen molar-refractivity contribution in [1.82, 2.24) is 15.2 Å². The fraction of sp³-hybridized carbons (Fsp3) is 0.409. The van der Waals surface area contributed by atoms with Crippen LogP contribution in [-0.4, -0.2) is 52.0 Å². The third-order valence-corrected chi connectivity index (χ3v) is 5.76. The third-order valence-electron chi connectivity index (χ3n) is 5.76. The molecule has 28 heavy (non-hydrogen) atoms. The molecule has 6 heteroatoms. The van der Waals surface area contributed by atoms with Gasteiger partial charge >= 0.3 is 0 Å². The first-order valence-corrected chi connectivity index (χ1v) is 9.78. The smallest absolute Gasteiger partial charge is 0.226 e. The third kappa shape index (κ3) is 3.52. The van der Waals surface area contributed by atoms with E-state index in [1.807, 2.05) is 30.5 Å². The predicted octanol–water partition coefficient (Wildman–Crippen LogP) is 1.95. The summed E-state index contributed by atoms with van der Waals surface area (Å²) in [5, 5.41) is 12.8. The second kappa shape index (κ2) is 7.72. The maximum Gasteiger partial charge on any atom is 0.226 e. The molecule has 2 N–H and O–H groups in total. The molecule has 1 aliphatic heterocycles. The molecule has 1 aromatic heterocycles. The standard InChI is InChI=1S/C22H25N3O3/c1-14(27)24-12-19-21(20(13-26)25(19)22(28)17-8-9-17)16-6-4-15(5-7-16)18-3-2-10-23-11-18/h2-7,10-11,17,19-21,26H,8-9,12-13H2,1H3,(H,24,27)/t19-,20+,21-/m1/s1. The molecule has 2 aromatic rings. The van der Waals surface area contributed by atoms with E-state index in [2.05, 4.69) is 22.4 Å². The molecule has 1 saturated heterocycles. The van der Waals surface area contributed by atoms with Crippen LogP contribution in [0.15, 0.2) is 48.8 Å². The molecule has 2 heterocycles. The van der Waals surface area contributed by atoms with Crippen LogP contribution in [0, 0.1) is 5.92 Å². The highest BCUT2D eigenvalue weighted by molar-refractivity contribution is 5.83. The number of benzene rings is 1. The SMILES string of the molecule is CC(=O)NC[C@@H]1[C@@H](c2ccc(-c3cccnc3)cc2)[C@H](CO)N1C(=O)C1CC1. The van der Waals surface area contributed by atoms with Gasteiger partial charge in [0, 0.05) is 37.7 Å². The number of nitrogens with one attached hydrogen (secondary N) is 1. The van der Waals surface area contributed by atoms with Gasteiger partial charge in [-0.1, -0.05) is 30.3 Å². The molecule has 2 aliphatic rings. The summed E-state index contributed by atoms with van der Waals surface area (Å²) in [5.41, 5.74) is 3.18. The molecule has 1 aromatic carbocycles. The average molecular weight is 379 g/mol. The van der Waals surface area contributed by atoms with Crippen LogP contribution < -0.4 is 5.32 Å². The Morgan fingerprint density at radius 1 is 1.14 bits per heavy atom. The van der Waals surface area contributed by atoms with Crippen LogP contribution in [-0.2, 0) is 9.59 Å². The Hall–Kier alpha value is -2.73. The summed E-state index contributed by atoms with van der Waals surface area (Å²) < 4.78 is 0. The van der Waals surface area contributed by atoms with E-state index in [1.165, 1.54) is 6.92 Å². The Morgan fingerprint density at radius 3 is 2.46 bits per heavy atom. The van der Waals surface area contributed by atoms with Crippen LogP contribution in [0.25, 0.3) is 11.1 Å². The van der Waals surface area contributed by atoms with E-state index in [0.29, 0.717) is 6.54 Å². The lowest BCUT2D eigenvalue weighted by Gasteiger charge is -2.55. The Balaban J connectivity index is 1.58. The van der Waals surface area contributed by atoms with Gasteiger partial charge in [-0.15, -0.1) is 0 Å². The Labute approximate surface area is 164 Å². The minimum Gasteiger partial charge on any atom is -0.394 e. The Morgan fingerprint density at radius 2 is 1.89 bits per heavy atom. The first kappa shape index (κ1) is 18.6. The van der Waals surface area contributed by atoms with Crippen LogP contribution in [0.1, 0.15) is 31.2 Å². The molecule has 146 valence electrons. The monoisotopic (exact) mass is 379 g/mol. The van der Waals surface area contributed by atoms with Gasteiger partial charge in [0.1, 0.15) is 0 Å². The molecule has 2 amide bonds. The van der Waals surface area contributed by atoms with Gasteiger partial charge < -0.3 is 15.3 Å². The first-order chi connectivity index (χ1) is 13.6. The summed E-state index contributed by atoms with van der Waals surface area (Å²) in [6.45, 7) is 1.80. The van der Waals surface area contributed by atoms with Gasteiger partial charge in [-0.25, -0.2) is 0 Å². The van der Waals surface area contributed by atoms with Gasteiger partial charge in [-0.05, 0) is 35.6 Å². The number of amides is 2. The number of likely N-dealkylation sites (tertiary alicyclic amines) is 1. The molecule has 1 saturated carbocycles. The van der Waals surface area contributed by atoms with Gasteiger partial charge in [0.25, 0.3) is 0 Å². The van der Waals surface area contributed by atoms with Crippen molar-refractivity contribution in [1.29, 1.82) is 0 Å². The molecule has 0 bridgehead atoms. The van der Waals surface area contributed by atoms with Crippen molar-refractivity contribution in [3.05, 3.63) is 54.4 Å². The zero-order valence-corrected chi connectivity index (χ0v) is 15.9. The zero-order chi connectivity index (χ0) is 19.7. The largest absolute Gasteiger partial charge is 0.394 e. The Bertz CT molecular complexity index is 849. The van der Waals surface area contributed by atoms with Gasteiger partial charge in [0.05, 0.1) is 18.7 Å². The van der Waals surface area contributed by atoms with Crippen LogP contribution >= 0.6 is 0 Å². The van der Waals surface area contributed by atoms with Crippen molar-refractivity contribution >= 4 is 11.8 Å². The van der Waals surface area contributed by atoms with Crippen molar-refractivity contribution in [3.63, 3.8) is 0 Å². The highest BCUT2D eigenvalue weighted by atomic mass is 16.3. The molecule has 0 radical (unpaired) electrons. The van der Waals surface area contributed by atoms with E-state index in [4.69, 9.17) is 0 Å². The van der Waals surface area contributed by atoms with E-state index in [9.17, 15) is 14.7 Å². The number of aliphatic hydroxyl groups excluding tert-OH is 1. The fourth-order valence-electron chi connectivity index (χ4n) is 4.17. The van der Waals surface area contributed by atoms with Crippen LogP contribution in [0.5, 0.6) is 0 Å². The zero-order valence-electron chi connectivity index (χ0n) is 15.9. The Kier molecular flexibility index (Phi) is 5.13. The number of rotatable bonds is 6. The van der Waals surface area contributed by atoms with Crippen LogP contribution in [0.3, 0.4) is 0 Å². The van der Waals surface area contributed by atoms with Crippen molar-refractivity contribution in [3.8, 4) is 11.1 Å². The summed E-state index contributed by atoms with van der Waals surface area (Å²) in [7, 11) is 0. The molecule has 0 unspecified atom stereocenters. The molecule has 1 aliphatic carbocycles. The van der Waals surface area contributed by atoms with Crippen molar-refractivity contribution in [2.45, 2.75) is 37.8 Å². The van der Waals surface area contributed by atoms with E-state index in [0.717, 1.165) is 29.5 Å². The quantitative estimate of drug-likeness (QED) is 0.804.